The average molecular weight is 370 g/mol. The van der Waals surface area contributed by atoms with Crippen LogP contribution >= 0.6 is 34.2 Å². The van der Waals surface area contributed by atoms with E-state index in [0.29, 0.717) is 17.3 Å². The number of nitrogens with zero attached hydrogens (tertiary/aromatic N) is 2. The fourth-order valence-corrected chi connectivity index (χ4v) is 2.18. The van der Waals surface area contributed by atoms with Crippen LogP contribution in [0.2, 0.25) is 5.02 Å². The molecule has 0 aliphatic heterocycles. The fourth-order valence-electron chi connectivity index (χ4n) is 1.51. The number of nitriles is 1. The predicted molar refractivity (Wildman–Crippen MR) is 80.4 cm³/mol. The van der Waals surface area contributed by atoms with Gasteiger partial charge in [0.05, 0.1) is 10.7 Å². The summed E-state index contributed by atoms with van der Waals surface area (Å²) in [5, 5.41) is 12.8. The van der Waals surface area contributed by atoms with Gasteiger partial charge in [0.25, 0.3) is 0 Å². The van der Waals surface area contributed by atoms with E-state index in [-0.39, 0.29) is 0 Å². The molecule has 1 heterocycles. The number of benzene rings is 1. The molecular formula is C13H9ClIN3. The molecule has 0 fully saturated rings. The van der Waals surface area contributed by atoms with Gasteiger partial charge < -0.3 is 5.32 Å². The first kappa shape index (κ1) is 13.1. The summed E-state index contributed by atoms with van der Waals surface area (Å²) in [4.78, 5) is 4.01. The molecule has 0 radical (unpaired) electrons. The molecule has 0 atom stereocenters. The van der Waals surface area contributed by atoms with E-state index in [1.807, 2.05) is 30.3 Å². The highest BCUT2D eigenvalue weighted by Gasteiger charge is 2.04. The minimum absolute atomic E-state index is 0.437. The Morgan fingerprint density at radius 3 is 3.00 bits per heavy atom. The van der Waals surface area contributed by atoms with Crippen molar-refractivity contribution in [2.45, 2.75) is 6.54 Å². The van der Waals surface area contributed by atoms with Crippen LogP contribution < -0.4 is 5.32 Å². The molecule has 0 aliphatic carbocycles. The molecule has 0 saturated carbocycles. The van der Waals surface area contributed by atoms with E-state index in [0.717, 1.165) is 14.8 Å². The first-order chi connectivity index (χ1) is 8.70. The number of aromatic nitrogens is 1. The highest BCUT2D eigenvalue weighted by molar-refractivity contribution is 14.1. The van der Waals surface area contributed by atoms with Crippen molar-refractivity contribution in [1.29, 1.82) is 5.26 Å². The van der Waals surface area contributed by atoms with Crippen LogP contribution in [0, 0.1) is 14.9 Å². The summed E-state index contributed by atoms with van der Waals surface area (Å²) < 4.78 is 1.10. The molecule has 2 rings (SSSR count). The van der Waals surface area contributed by atoms with Gasteiger partial charge in [-0.2, -0.15) is 5.26 Å². The lowest BCUT2D eigenvalue weighted by Crippen LogP contribution is -2.03. The third-order valence-electron chi connectivity index (χ3n) is 2.39. The number of pyridine rings is 1. The molecular weight excluding hydrogens is 361 g/mol. The van der Waals surface area contributed by atoms with Crippen LogP contribution in [0.3, 0.4) is 0 Å². The van der Waals surface area contributed by atoms with Gasteiger partial charge in [-0.1, -0.05) is 17.7 Å². The lowest BCUT2D eigenvalue weighted by atomic mass is 10.2. The topological polar surface area (TPSA) is 48.7 Å². The molecule has 18 heavy (non-hydrogen) atoms. The zero-order valence-corrected chi connectivity index (χ0v) is 12.2. The second-order valence-electron chi connectivity index (χ2n) is 3.60. The maximum Gasteiger partial charge on any atom is 0.145 e. The predicted octanol–water partition coefficient (Wildman–Crippen LogP) is 3.82. The molecule has 0 aliphatic rings. The molecule has 0 amide bonds. The van der Waals surface area contributed by atoms with Crippen molar-refractivity contribution < 1.29 is 0 Å². The van der Waals surface area contributed by atoms with Crippen LogP contribution in [0.1, 0.15) is 11.3 Å². The van der Waals surface area contributed by atoms with Gasteiger partial charge in [-0.05, 0) is 46.9 Å². The number of hydrogen-bond donors (Lipinski definition) is 1. The summed E-state index contributed by atoms with van der Waals surface area (Å²) in [5.74, 6) is 0. The molecule has 1 aromatic heterocycles. The van der Waals surface area contributed by atoms with Crippen LogP contribution in [0.4, 0.5) is 5.69 Å². The molecule has 1 aromatic carbocycles. The molecule has 5 heteroatoms. The minimum Gasteiger partial charge on any atom is -0.380 e. The number of halogens is 2. The van der Waals surface area contributed by atoms with Gasteiger partial charge in [0.15, 0.2) is 0 Å². The SMILES string of the molecule is N#Cc1ncccc1CNc1cc(I)ccc1Cl. The van der Waals surface area contributed by atoms with Gasteiger partial charge in [0, 0.05) is 21.9 Å². The summed E-state index contributed by atoms with van der Waals surface area (Å²) in [6, 6.07) is 11.5. The summed E-state index contributed by atoms with van der Waals surface area (Å²) in [5.41, 5.74) is 2.15. The van der Waals surface area contributed by atoms with Gasteiger partial charge in [0.2, 0.25) is 0 Å². The number of hydrogen-bond acceptors (Lipinski definition) is 3. The third kappa shape index (κ3) is 3.12. The lowest BCUT2D eigenvalue weighted by Gasteiger charge is -2.09. The van der Waals surface area contributed by atoms with Crippen LogP contribution in [-0.4, -0.2) is 4.98 Å². The Balaban J connectivity index is 2.17. The molecule has 1 N–H and O–H groups in total. The lowest BCUT2D eigenvalue weighted by molar-refractivity contribution is 1.09. The molecule has 0 spiro atoms. The van der Waals surface area contributed by atoms with Crippen LogP contribution in [0.15, 0.2) is 36.5 Å². The number of rotatable bonds is 3. The van der Waals surface area contributed by atoms with Gasteiger partial charge in [0.1, 0.15) is 11.8 Å². The maximum atomic E-state index is 8.95. The Morgan fingerprint density at radius 2 is 2.22 bits per heavy atom. The van der Waals surface area contributed by atoms with Crippen LogP contribution in [0.5, 0.6) is 0 Å². The Bertz CT molecular complexity index is 607. The normalized spacial score (nSPS) is 9.83. The second kappa shape index (κ2) is 6.03. The van der Waals surface area contributed by atoms with E-state index >= 15 is 0 Å². The average Bonchev–Trinajstić information content (AvgIpc) is 2.40. The van der Waals surface area contributed by atoms with Crippen LogP contribution in [-0.2, 0) is 6.54 Å². The first-order valence-corrected chi connectivity index (χ1v) is 6.69. The Labute approximate surface area is 124 Å². The van der Waals surface area contributed by atoms with E-state index < -0.39 is 0 Å². The minimum atomic E-state index is 0.437. The van der Waals surface area contributed by atoms with Gasteiger partial charge >= 0.3 is 0 Å². The van der Waals surface area contributed by atoms with Crippen molar-refractivity contribution in [3.63, 3.8) is 0 Å². The number of nitrogens with one attached hydrogen (secondary N) is 1. The molecule has 2 aromatic rings. The zero-order valence-electron chi connectivity index (χ0n) is 9.32. The summed E-state index contributed by atoms with van der Waals surface area (Å²) >= 11 is 8.32. The van der Waals surface area contributed by atoms with E-state index in [2.05, 4.69) is 39.0 Å². The Hall–Kier alpha value is -1.32. The summed E-state index contributed by atoms with van der Waals surface area (Å²) in [6.45, 7) is 0.524. The van der Waals surface area contributed by atoms with Crippen LogP contribution in [0.25, 0.3) is 0 Å². The quantitative estimate of drug-likeness (QED) is 0.837. The molecule has 0 unspecified atom stereocenters. The highest BCUT2D eigenvalue weighted by Crippen LogP contribution is 2.24. The molecule has 90 valence electrons. The molecule has 3 nitrogen and oxygen atoms in total. The third-order valence-corrected chi connectivity index (χ3v) is 3.40. The van der Waals surface area contributed by atoms with Gasteiger partial charge in [-0.15, -0.1) is 0 Å². The summed E-state index contributed by atoms with van der Waals surface area (Å²) in [6.07, 6.45) is 1.61. The van der Waals surface area contributed by atoms with Crippen molar-refractivity contribution in [3.05, 3.63) is 56.4 Å². The Kier molecular flexibility index (Phi) is 4.39. The first-order valence-electron chi connectivity index (χ1n) is 5.23. The number of anilines is 1. The van der Waals surface area contributed by atoms with Crippen molar-refractivity contribution in [2.75, 3.05) is 5.32 Å². The standard InChI is InChI=1S/C13H9ClIN3/c14-11-4-3-10(15)6-12(11)18-8-9-2-1-5-17-13(9)7-16/h1-6,18H,8H2. The highest BCUT2D eigenvalue weighted by atomic mass is 127. The molecule has 0 saturated heterocycles. The van der Waals surface area contributed by atoms with E-state index in [1.54, 1.807) is 6.20 Å². The molecule has 0 bridgehead atoms. The van der Waals surface area contributed by atoms with Crippen molar-refractivity contribution >= 4 is 39.9 Å². The smallest absolute Gasteiger partial charge is 0.145 e. The van der Waals surface area contributed by atoms with Crippen molar-refractivity contribution in [3.8, 4) is 6.07 Å². The van der Waals surface area contributed by atoms with Crippen molar-refractivity contribution in [1.82, 2.24) is 4.98 Å². The van der Waals surface area contributed by atoms with E-state index in [9.17, 15) is 0 Å². The van der Waals surface area contributed by atoms with E-state index in [1.165, 1.54) is 0 Å². The monoisotopic (exact) mass is 369 g/mol. The fraction of sp³-hybridized carbons (Fsp3) is 0.0769. The zero-order chi connectivity index (χ0) is 13.0. The van der Waals surface area contributed by atoms with E-state index in [4.69, 9.17) is 16.9 Å². The van der Waals surface area contributed by atoms with Gasteiger partial charge in [-0.3, -0.25) is 0 Å². The van der Waals surface area contributed by atoms with Gasteiger partial charge in [-0.25, -0.2) is 4.98 Å². The maximum absolute atomic E-state index is 8.95. The second-order valence-corrected chi connectivity index (χ2v) is 5.25. The Morgan fingerprint density at radius 1 is 1.39 bits per heavy atom. The summed E-state index contributed by atoms with van der Waals surface area (Å²) in [7, 11) is 0. The van der Waals surface area contributed by atoms with Crippen molar-refractivity contribution in [2.24, 2.45) is 0 Å². The largest absolute Gasteiger partial charge is 0.380 e.